The highest BCUT2D eigenvalue weighted by Crippen LogP contribution is 2.22. The van der Waals surface area contributed by atoms with E-state index in [2.05, 4.69) is 15.3 Å². The molecule has 0 spiro atoms. The highest BCUT2D eigenvalue weighted by Gasteiger charge is 2.11. The fraction of sp³-hybridized carbons (Fsp3) is 0.375. The standard InChI is InChI=1S/C16H21N3O2/c1-11-5-4-6-12(2)16(11)21-10-13(3)19-15(20)9-14-17-7-8-18-14/h4-8,13H,9-10H2,1-3H3,(H,17,18)(H,19,20). The van der Waals surface area contributed by atoms with Crippen molar-refractivity contribution in [1.29, 1.82) is 0 Å². The van der Waals surface area contributed by atoms with Crippen LogP contribution in [0, 0.1) is 13.8 Å². The van der Waals surface area contributed by atoms with Crippen LogP contribution in [0.3, 0.4) is 0 Å². The van der Waals surface area contributed by atoms with E-state index >= 15 is 0 Å². The van der Waals surface area contributed by atoms with E-state index in [0.717, 1.165) is 16.9 Å². The van der Waals surface area contributed by atoms with Crippen molar-refractivity contribution >= 4 is 5.91 Å². The number of aryl methyl sites for hydroxylation is 2. The Hall–Kier alpha value is -2.30. The van der Waals surface area contributed by atoms with Gasteiger partial charge in [0.2, 0.25) is 5.91 Å². The van der Waals surface area contributed by atoms with Crippen molar-refractivity contribution in [1.82, 2.24) is 15.3 Å². The lowest BCUT2D eigenvalue weighted by atomic mass is 10.1. The molecule has 0 radical (unpaired) electrons. The summed E-state index contributed by atoms with van der Waals surface area (Å²) in [5, 5.41) is 2.90. The SMILES string of the molecule is Cc1cccc(C)c1OCC(C)NC(=O)Cc1ncc[nH]1. The number of ether oxygens (including phenoxy) is 1. The van der Waals surface area contributed by atoms with Crippen molar-refractivity contribution in [3.05, 3.63) is 47.5 Å². The average Bonchev–Trinajstić information content (AvgIpc) is 2.90. The Bertz CT molecular complexity index is 573. The van der Waals surface area contributed by atoms with E-state index in [-0.39, 0.29) is 18.4 Å². The van der Waals surface area contributed by atoms with E-state index in [1.165, 1.54) is 0 Å². The van der Waals surface area contributed by atoms with Crippen LogP contribution in [0.2, 0.25) is 0 Å². The first-order valence-corrected chi connectivity index (χ1v) is 7.03. The minimum Gasteiger partial charge on any atom is -0.491 e. The molecule has 1 atom stereocenters. The molecule has 112 valence electrons. The summed E-state index contributed by atoms with van der Waals surface area (Å²) in [7, 11) is 0. The molecule has 0 aliphatic carbocycles. The van der Waals surface area contributed by atoms with Crippen molar-refractivity contribution in [2.45, 2.75) is 33.2 Å². The quantitative estimate of drug-likeness (QED) is 0.855. The number of aromatic amines is 1. The number of H-pyrrole nitrogens is 1. The molecule has 5 heteroatoms. The Morgan fingerprint density at radius 2 is 2.10 bits per heavy atom. The zero-order chi connectivity index (χ0) is 15.2. The van der Waals surface area contributed by atoms with E-state index in [4.69, 9.17) is 4.74 Å². The van der Waals surface area contributed by atoms with Gasteiger partial charge in [0, 0.05) is 12.4 Å². The van der Waals surface area contributed by atoms with Crippen molar-refractivity contribution in [3.63, 3.8) is 0 Å². The molecule has 21 heavy (non-hydrogen) atoms. The molecule has 5 nitrogen and oxygen atoms in total. The Morgan fingerprint density at radius 3 is 2.71 bits per heavy atom. The van der Waals surface area contributed by atoms with Gasteiger partial charge in [-0.1, -0.05) is 18.2 Å². The molecular weight excluding hydrogens is 266 g/mol. The number of hydrogen-bond donors (Lipinski definition) is 2. The molecule has 0 aliphatic rings. The van der Waals surface area contributed by atoms with Gasteiger partial charge < -0.3 is 15.0 Å². The van der Waals surface area contributed by atoms with Crippen LogP contribution in [-0.2, 0) is 11.2 Å². The number of benzene rings is 1. The van der Waals surface area contributed by atoms with Gasteiger partial charge in [0.05, 0.1) is 12.5 Å². The van der Waals surface area contributed by atoms with Crippen molar-refractivity contribution < 1.29 is 9.53 Å². The van der Waals surface area contributed by atoms with E-state index in [1.54, 1.807) is 12.4 Å². The molecule has 0 saturated heterocycles. The van der Waals surface area contributed by atoms with Crippen molar-refractivity contribution in [3.8, 4) is 5.75 Å². The summed E-state index contributed by atoms with van der Waals surface area (Å²) in [6, 6.07) is 5.98. The molecule has 2 aromatic rings. The Kier molecular flexibility index (Phi) is 4.98. The van der Waals surface area contributed by atoms with Crippen LogP contribution in [0.15, 0.2) is 30.6 Å². The number of rotatable bonds is 6. The maximum atomic E-state index is 11.8. The molecule has 0 bridgehead atoms. The second-order valence-corrected chi connectivity index (χ2v) is 5.21. The van der Waals surface area contributed by atoms with Crippen LogP contribution < -0.4 is 10.1 Å². The maximum Gasteiger partial charge on any atom is 0.227 e. The second kappa shape index (κ2) is 6.92. The minimum absolute atomic E-state index is 0.0635. The van der Waals surface area contributed by atoms with Gasteiger partial charge in [-0.2, -0.15) is 0 Å². The van der Waals surface area contributed by atoms with E-state index in [1.807, 2.05) is 39.0 Å². The number of carbonyl (C=O) groups excluding carboxylic acids is 1. The topological polar surface area (TPSA) is 67.0 Å². The van der Waals surface area contributed by atoms with Crippen LogP contribution in [0.25, 0.3) is 0 Å². The number of carbonyl (C=O) groups is 1. The molecule has 1 unspecified atom stereocenters. The second-order valence-electron chi connectivity index (χ2n) is 5.21. The number of amides is 1. The third-order valence-corrected chi connectivity index (χ3v) is 3.18. The molecule has 1 aromatic heterocycles. The molecule has 0 saturated carbocycles. The summed E-state index contributed by atoms with van der Waals surface area (Å²) in [6.45, 7) is 6.40. The maximum absolute atomic E-state index is 11.8. The fourth-order valence-electron chi connectivity index (χ4n) is 2.15. The highest BCUT2D eigenvalue weighted by atomic mass is 16.5. The number of hydrogen-bond acceptors (Lipinski definition) is 3. The Labute approximate surface area is 124 Å². The lowest BCUT2D eigenvalue weighted by Crippen LogP contribution is -2.37. The van der Waals surface area contributed by atoms with Gasteiger partial charge >= 0.3 is 0 Å². The first-order valence-electron chi connectivity index (χ1n) is 7.03. The summed E-state index contributed by atoms with van der Waals surface area (Å²) in [5.41, 5.74) is 2.20. The van der Waals surface area contributed by atoms with Gasteiger partial charge in [0.1, 0.15) is 18.2 Å². The Morgan fingerprint density at radius 1 is 1.38 bits per heavy atom. The van der Waals surface area contributed by atoms with Gasteiger partial charge in [-0.3, -0.25) is 4.79 Å². The van der Waals surface area contributed by atoms with Gasteiger partial charge in [0.25, 0.3) is 0 Å². The third kappa shape index (κ3) is 4.34. The highest BCUT2D eigenvalue weighted by molar-refractivity contribution is 5.78. The zero-order valence-corrected chi connectivity index (χ0v) is 12.6. The van der Waals surface area contributed by atoms with Crippen LogP contribution >= 0.6 is 0 Å². The van der Waals surface area contributed by atoms with E-state index in [0.29, 0.717) is 12.4 Å². The first kappa shape index (κ1) is 15.1. The predicted molar refractivity (Wildman–Crippen MR) is 81.3 cm³/mol. The number of nitrogens with zero attached hydrogens (tertiary/aromatic N) is 1. The molecule has 1 aromatic carbocycles. The van der Waals surface area contributed by atoms with E-state index < -0.39 is 0 Å². The fourth-order valence-corrected chi connectivity index (χ4v) is 2.15. The van der Waals surface area contributed by atoms with Gasteiger partial charge in [-0.15, -0.1) is 0 Å². The monoisotopic (exact) mass is 287 g/mol. The smallest absolute Gasteiger partial charge is 0.227 e. The molecular formula is C16H21N3O2. The van der Waals surface area contributed by atoms with Crippen LogP contribution in [0.1, 0.15) is 23.9 Å². The molecule has 1 amide bonds. The van der Waals surface area contributed by atoms with Crippen molar-refractivity contribution in [2.75, 3.05) is 6.61 Å². The van der Waals surface area contributed by atoms with Gasteiger partial charge in [0.15, 0.2) is 0 Å². The summed E-state index contributed by atoms with van der Waals surface area (Å²) < 4.78 is 5.83. The summed E-state index contributed by atoms with van der Waals surface area (Å²) >= 11 is 0. The molecule has 1 heterocycles. The van der Waals surface area contributed by atoms with Crippen LogP contribution in [-0.4, -0.2) is 28.5 Å². The Balaban J connectivity index is 1.82. The summed E-state index contributed by atoms with van der Waals surface area (Å²) in [4.78, 5) is 18.8. The van der Waals surface area contributed by atoms with Gasteiger partial charge in [-0.05, 0) is 31.9 Å². The largest absolute Gasteiger partial charge is 0.491 e. The van der Waals surface area contributed by atoms with Crippen LogP contribution in [0.5, 0.6) is 5.75 Å². The lowest BCUT2D eigenvalue weighted by Gasteiger charge is -2.17. The van der Waals surface area contributed by atoms with Crippen LogP contribution in [0.4, 0.5) is 0 Å². The zero-order valence-electron chi connectivity index (χ0n) is 12.6. The first-order chi connectivity index (χ1) is 10.1. The van der Waals surface area contributed by atoms with E-state index in [9.17, 15) is 4.79 Å². The average molecular weight is 287 g/mol. The number of imidazole rings is 1. The minimum atomic E-state index is -0.0671. The number of aromatic nitrogens is 2. The predicted octanol–water partition coefficient (Wildman–Crippen LogP) is 2.15. The molecule has 0 fully saturated rings. The van der Waals surface area contributed by atoms with Crippen molar-refractivity contribution in [2.24, 2.45) is 0 Å². The third-order valence-electron chi connectivity index (χ3n) is 3.18. The summed E-state index contributed by atoms with van der Waals surface area (Å²) in [6.07, 6.45) is 3.59. The number of nitrogens with one attached hydrogen (secondary N) is 2. The summed E-state index contributed by atoms with van der Waals surface area (Å²) in [5.74, 6) is 1.49. The lowest BCUT2D eigenvalue weighted by molar-refractivity contribution is -0.121. The molecule has 0 aliphatic heterocycles. The number of para-hydroxylation sites is 1. The molecule has 2 rings (SSSR count). The van der Waals surface area contributed by atoms with Gasteiger partial charge in [-0.25, -0.2) is 4.98 Å². The molecule has 2 N–H and O–H groups in total. The normalized spacial score (nSPS) is 12.0.